The molecular weight excluding hydrogens is 370 g/mol. The van der Waals surface area contributed by atoms with E-state index in [0.717, 1.165) is 37.4 Å². The molecule has 2 aromatic rings. The second kappa shape index (κ2) is 9.43. The van der Waals surface area contributed by atoms with E-state index in [1.165, 1.54) is 0 Å². The van der Waals surface area contributed by atoms with E-state index in [2.05, 4.69) is 15.1 Å². The third-order valence-electron chi connectivity index (χ3n) is 5.05. The molecule has 0 saturated carbocycles. The molecule has 3 rings (SSSR count). The molecule has 0 aromatic heterocycles. The Labute approximate surface area is 171 Å². The SMILES string of the molecule is COc1ccc(NC(=O)CN2CCN(c3ccc(C(C)=O)cc3)CC2)cc1OC. The highest BCUT2D eigenvalue weighted by molar-refractivity contribution is 5.94. The summed E-state index contributed by atoms with van der Waals surface area (Å²) in [4.78, 5) is 28.2. The number of methoxy groups -OCH3 is 2. The van der Waals surface area contributed by atoms with Crippen molar-refractivity contribution < 1.29 is 19.1 Å². The standard InChI is InChI=1S/C22H27N3O4/c1-16(26)17-4-7-19(8-5-17)25-12-10-24(11-13-25)15-22(27)23-18-6-9-20(28-2)21(14-18)29-3/h4-9,14H,10-13,15H2,1-3H3,(H,23,27). The fourth-order valence-electron chi connectivity index (χ4n) is 3.39. The summed E-state index contributed by atoms with van der Waals surface area (Å²) in [5, 5.41) is 2.91. The summed E-state index contributed by atoms with van der Waals surface area (Å²) in [5.74, 6) is 1.21. The number of piperazine rings is 1. The number of hydrogen-bond donors (Lipinski definition) is 1. The van der Waals surface area contributed by atoms with Crippen LogP contribution in [0.4, 0.5) is 11.4 Å². The number of carbonyl (C=O) groups excluding carboxylic acids is 2. The maximum Gasteiger partial charge on any atom is 0.238 e. The predicted octanol–water partition coefficient (Wildman–Crippen LogP) is 2.67. The van der Waals surface area contributed by atoms with Crippen molar-refractivity contribution in [3.05, 3.63) is 48.0 Å². The fourth-order valence-corrected chi connectivity index (χ4v) is 3.39. The summed E-state index contributed by atoms with van der Waals surface area (Å²) in [7, 11) is 3.14. The molecule has 1 aliphatic heterocycles. The average molecular weight is 397 g/mol. The Kier molecular flexibility index (Phi) is 6.72. The smallest absolute Gasteiger partial charge is 0.238 e. The molecule has 1 N–H and O–H groups in total. The maximum atomic E-state index is 12.4. The van der Waals surface area contributed by atoms with Crippen molar-refractivity contribution >= 4 is 23.1 Å². The fraction of sp³-hybridized carbons (Fsp3) is 0.364. The van der Waals surface area contributed by atoms with E-state index in [4.69, 9.17) is 9.47 Å². The highest BCUT2D eigenvalue weighted by Crippen LogP contribution is 2.29. The number of amides is 1. The average Bonchev–Trinajstić information content (AvgIpc) is 2.74. The van der Waals surface area contributed by atoms with Gasteiger partial charge in [0, 0.05) is 49.2 Å². The van der Waals surface area contributed by atoms with E-state index in [1.807, 2.05) is 24.3 Å². The van der Waals surface area contributed by atoms with E-state index < -0.39 is 0 Å². The molecule has 1 heterocycles. The van der Waals surface area contributed by atoms with Gasteiger partial charge >= 0.3 is 0 Å². The first-order chi connectivity index (χ1) is 14.0. The van der Waals surface area contributed by atoms with Crippen LogP contribution in [-0.2, 0) is 4.79 Å². The van der Waals surface area contributed by atoms with Crippen molar-refractivity contribution in [2.24, 2.45) is 0 Å². The van der Waals surface area contributed by atoms with Crippen LogP contribution in [0.5, 0.6) is 11.5 Å². The van der Waals surface area contributed by atoms with Gasteiger partial charge in [0.25, 0.3) is 0 Å². The predicted molar refractivity (Wildman–Crippen MR) is 113 cm³/mol. The Balaban J connectivity index is 1.50. The van der Waals surface area contributed by atoms with Crippen molar-refractivity contribution in [2.45, 2.75) is 6.92 Å². The van der Waals surface area contributed by atoms with Crippen molar-refractivity contribution in [2.75, 3.05) is 57.2 Å². The molecule has 29 heavy (non-hydrogen) atoms. The highest BCUT2D eigenvalue weighted by Gasteiger charge is 2.19. The van der Waals surface area contributed by atoms with Crippen molar-refractivity contribution in [1.29, 1.82) is 0 Å². The number of carbonyl (C=O) groups is 2. The summed E-state index contributed by atoms with van der Waals surface area (Å²) in [5.41, 5.74) is 2.50. The van der Waals surface area contributed by atoms with Gasteiger partial charge in [-0.2, -0.15) is 0 Å². The highest BCUT2D eigenvalue weighted by atomic mass is 16.5. The van der Waals surface area contributed by atoms with Gasteiger partial charge in [-0.3, -0.25) is 14.5 Å². The van der Waals surface area contributed by atoms with Crippen molar-refractivity contribution in [3.8, 4) is 11.5 Å². The lowest BCUT2D eigenvalue weighted by Gasteiger charge is -2.35. The van der Waals surface area contributed by atoms with Gasteiger partial charge in [0.15, 0.2) is 17.3 Å². The zero-order chi connectivity index (χ0) is 20.8. The molecule has 0 bridgehead atoms. The van der Waals surface area contributed by atoms with Crippen molar-refractivity contribution in [3.63, 3.8) is 0 Å². The van der Waals surface area contributed by atoms with E-state index in [0.29, 0.717) is 23.7 Å². The quantitative estimate of drug-likeness (QED) is 0.725. The number of nitrogens with zero attached hydrogens (tertiary/aromatic N) is 2. The Morgan fingerprint density at radius 1 is 0.931 bits per heavy atom. The van der Waals surface area contributed by atoms with E-state index in [-0.39, 0.29) is 11.7 Å². The zero-order valence-electron chi connectivity index (χ0n) is 17.1. The normalized spacial score (nSPS) is 14.4. The van der Waals surface area contributed by atoms with Gasteiger partial charge in [0.2, 0.25) is 5.91 Å². The number of ketones is 1. The lowest BCUT2D eigenvalue weighted by Crippen LogP contribution is -2.48. The molecule has 7 nitrogen and oxygen atoms in total. The summed E-state index contributed by atoms with van der Waals surface area (Å²) in [6.07, 6.45) is 0. The van der Waals surface area contributed by atoms with Crippen LogP contribution in [0.15, 0.2) is 42.5 Å². The number of Topliss-reactive ketones (excluding diaryl/α,β-unsaturated/α-hetero) is 1. The second-order valence-electron chi connectivity index (χ2n) is 6.98. The van der Waals surface area contributed by atoms with Gasteiger partial charge in [-0.25, -0.2) is 0 Å². The number of anilines is 2. The minimum Gasteiger partial charge on any atom is -0.493 e. The maximum absolute atomic E-state index is 12.4. The molecule has 1 aliphatic rings. The number of ether oxygens (including phenoxy) is 2. The first kappa shape index (κ1) is 20.7. The largest absolute Gasteiger partial charge is 0.493 e. The minimum absolute atomic E-state index is 0.0588. The van der Waals surface area contributed by atoms with Crippen LogP contribution in [0.3, 0.4) is 0 Å². The van der Waals surface area contributed by atoms with Gasteiger partial charge in [-0.15, -0.1) is 0 Å². The number of hydrogen-bond acceptors (Lipinski definition) is 6. The molecule has 7 heteroatoms. The number of benzene rings is 2. The summed E-state index contributed by atoms with van der Waals surface area (Å²) >= 11 is 0. The lowest BCUT2D eigenvalue weighted by molar-refractivity contribution is -0.117. The van der Waals surface area contributed by atoms with Crippen LogP contribution in [0.2, 0.25) is 0 Å². The van der Waals surface area contributed by atoms with Gasteiger partial charge in [-0.05, 0) is 43.3 Å². The first-order valence-corrected chi connectivity index (χ1v) is 9.60. The molecule has 2 aromatic carbocycles. The van der Waals surface area contributed by atoms with Gasteiger partial charge in [0.05, 0.1) is 20.8 Å². The topological polar surface area (TPSA) is 71.1 Å². The summed E-state index contributed by atoms with van der Waals surface area (Å²) < 4.78 is 10.5. The van der Waals surface area contributed by atoms with Gasteiger partial charge in [0.1, 0.15) is 0 Å². The van der Waals surface area contributed by atoms with Crippen LogP contribution in [-0.4, -0.2) is 63.5 Å². The van der Waals surface area contributed by atoms with E-state index in [9.17, 15) is 9.59 Å². The minimum atomic E-state index is -0.0588. The van der Waals surface area contributed by atoms with Gasteiger partial charge in [-0.1, -0.05) is 0 Å². The Bertz CT molecular complexity index is 859. The lowest BCUT2D eigenvalue weighted by atomic mass is 10.1. The summed E-state index contributed by atoms with van der Waals surface area (Å²) in [6, 6.07) is 13.0. The molecular formula is C22H27N3O4. The molecule has 1 fully saturated rings. The van der Waals surface area contributed by atoms with Crippen LogP contribution < -0.4 is 19.7 Å². The molecule has 1 amide bonds. The Morgan fingerprint density at radius 3 is 2.17 bits per heavy atom. The van der Waals surface area contributed by atoms with E-state index >= 15 is 0 Å². The van der Waals surface area contributed by atoms with Crippen LogP contribution in [0.1, 0.15) is 17.3 Å². The first-order valence-electron chi connectivity index (χ1n) is 9.60. The van der Waals surface area contributed by atoms with Crippen molar-refractivity contribution in [1.82, 2.24) is 4.90 Å². The zero-order valence-corrected chi connectivity index (χ0v) is 17.1. The molecule has 1 saturated heterocycles. The van der Waals surface area contributed by atoms with Crippen LogP contribution in [0, 0.1) is 0 Å². The molecule has 0 aliphatic carbocycles. The molecule has 0 atom stereocenters. The Morgan fingerprint density at radius 2 is 1.59 bits per heavy atom. The molecule has 0 spiro atoms. The Hall–Kier alpha value is -3.06. The molecule has 0 unspecified atom stereocenters. The van der Waals surface area contributed by atoms with E-state index in [1.54, 1.807) is 39.3 Å². The van der Waals surface area contributed by atoms with Gasteiger partial charge < -0.3 is 19.7 Å². The third kappa shape index (κ3) is 5.26. The second-order valence-corrected chi connectivity index (χ2v) is 6.98. The molecule has 154 valence electrons. The molecule has 0 radical (unpaired) electrons. The van der Waals surface area contributed by atoms with Crippen LogP contribution >= 0.6 is 0 Å². The number of rotatable bonds is 7. The monoisotopic (exact) mass is 397 g/mol. The third-order valence-corrected chi connectivity index (χ3v) is 5.05. The number of nitrogens with one attached hydrogen (secondary N) is 1. The van der Waals surface area contributed by atoms with Crippen LogP contribution in [0.25, 0.3) is 0 Å². The summed E-state index contributed by atoms with van der Waals surface area (Å²) in [6.45, 7) is 5.18.